The van der Waals surface area contributed by atoms with Crippen LogP contribution in [-0.2, 0) is 4.79 Å². The van der Waals surface area contributed by atoms with Gasteiger partial charge in [0.25, 0.3) is 0 Å². The summed E-state index contributed by atoms with van der Waals surface area (Å²) in [7, 11) is 0. The van der Waals surface area contributed by atoms with Crippen molar-refractivity contribution in [1.82, 2.24) is 0 Å². The summed E-state index contributed by atoms with van der Waals surface area (Å²) in [6.07, 6.45) is 3.06. The van der Waals surface area contributed by atoms with Crippen LogP contribution in [0, 0.1) is 11.8 Å². The quantitative estimate of drug-likeness (QED) is 0.605. The van der Waals surface area contributed by atoms with Gasteiger partial charge in [-0.1, -0.05) is 6.42 Å². The van der Waals surface area contributed by atoms with Gasteiger partial charge < -0.3 is 10.2 Å². The Labute approximate surface area is 59.7 Å². The lowest BCUT2D eigenvalue weighted by molar-refractivity contribution is -0.146. The van der Waals surface area contributed by atoms with Crippen LogP contribution in [0.5, 0.6) is 0 Å². The minimum absolute atomic E-state index is 0.208. The largest absolute Gasteiger partial charge is 0.481 e. The van der Waals surface area contributed by atoms with Crippen molar-refractivity contribution in [3.05, 3.63) is 0 Å². The number of hydrogen-bond acceptors (Lipinski definition) is 2. The number of carbonyl (C=O) groups is 1. The van der Waals surface area contributed by atoms with Crippen molar-refractivity contribution in [1.29, 1.82) is 0 Å². The third-order valence-electron chi connectivity index (χ3n) is 2.23. The Morgan fingerprint density at radius 2 is 2.20 bits per heavy atom. The van der Waals surface area contributed by atoms with Crippen LogP contribution in [0.1, 0.15) is 19.3 Å². The smallest absolute Gasteiger partial charge is 0.309 e. The molecule has 1 atom stereocenters. The standard InChI is InChI=1S/C7H12O3/c8-4-6(7(9)10)5-2-1-3-5/h5-6,8H,1-4H2,(H,9,10). The molecule has 1 fully saturated rings. The average Bonchev–Trinajstić information content (AvgIpc) is 1.76. The van der Waals surface area contributed by atoms with E-state index in [1.807, 2.05) is 0 Å². The molecule has 1 saturated carbocycles. The highest BCUT2D eigenvalue weighted by molar-refractivity contribution is 5.70. The molecule has 0 spiro atoms. The summed E-state index contributed by atoms with van der Waals surface area (Å²) in [5, 5.41) is 17.2. The summed E-state index contributed by atoms with van der Waals surface area (Å²) in [5.74, 6) is -1.12. The zero-order valence-corrected chi connectivity index (χ0v) is 5.79. The van der Waals surface area contributed by atoms with Crippen LogP contribution in [0.3, 0.4) is 0 Å². The second-order valence-electron chi connectivity index (χ2n) is 2.82. The molecule has 1 aliphatic rings. The molecule has 1 unspecified atom stereocenters. The van der Waals surface area contributed by atoms with E-state index in [0.29, 0.717) is 0 Å². The van der Waals surface area contributed by atoms with E-state index < -0.39 is 11.9 Å². The SMILES string of the molecule is O=C(O)C(CO)C1CCC1. The number of aliphatic hydroxyl groups excluding tert-OH is 1. The summed E-state index contributed by atoms with van der Waals surface area (Å²) in [6.45, 7) is -0.208. The Balaban J connectivity index is 2.39. The van der Waals surface area contributed by atoms with Gasteiger partial charge in [0.05, 0.1) is 12.5 Å². The van der Waals surface area contributed by atoms with Crippen molar-refractivity contribution in [2.75, 3.05) is 6.61 Å². The van der Waals surface area contributed by atoms with E-state index >= 15 is 0 Å². The summed E-state index contributed by atoms with van der Waals surface area (Å²) < 4.78 is 0. The maximum Gasteiger partial charge on any atom is 0.309 e. The van der Waals surface area contributed by atoms with Gasteiger partial charge in [-0.3, -0.25) is 4.79 Å². The van der Waals surface area contributed by atoms with Gasteiger partial charge in [0.2, 0.25) is 0 Å². The van der Waals surface area contributed by atoms with E-state index in [-0.39, 0.29) is 12.5 Å². The Morgan fingerprint density at radius 1 is 1.60 bits per heavy atom. The average molecular weight is 144 g/mol. The van der Waals surface area contributed by atoms with Crippen LogP contribution in [0.4, 0.5) is 0 Å². The predicted octanol–water partition coefficient (Wildman–Crippen LogP) is 0.480. The zero-order valence-electron chi connectivity index (χ0n) is 5.79. The summed E-state index contributed by atoms with van der Waals surface area (Å²) in [4.78, 5) is 10.4. The number of aliphatic hydroxyl groups is 1. The van der Waals surface area contributed by atoms with Crippen LogP contribution >= 0.6 is 0 Å². The van der Waals surface area contributed by atoms with Crippen LogP contribution in [0.15, 0.2) is 0 Å². The fourth-order valence-electron chi connectivity index (χ4n) is 1.27. The molecule has 0 radical (unpaired) electrons. The maximum atomic E-state index is 10.4. The molecule has 0 aliphatic heterocycles. The van der Waals surface area contributed by atoms with E-state index in [9.17, 15) is 4.79 Å². The first-order valence-electron chi connectivity index (χ1n) is 3.59. The molecule has 2 N–H and O–H groups in total. The lowest BCUT2D eigenvalue weighted by atomic mass is 9.76. The van der Waals surface area contributed by atoms with Crippen LogP contribution in [0.2, 0.25) is 0 Å². The Morgan fingerprint density at radius 3 is 2.30 bits per heavy atom. The highest BCUT2D eigenvalue weighted by Crippen LogP contribution is 2.33. The predicted molar refractivity (Wildman–Crippen MR) is 35.6 cm³/mol. The van der Waals surface area contributed by atoms with Gasteiger partial charge in [0, 0.05) is 0 Å². The van der Waals surface area contributed by atoms with Gasteiger partial charge in [0.15, 0.2) is 0 Å². The van der Waals surface area contributed by atoms with Crippen molar-refractivity contribution in [3.8, 4) is 0 Å². The highest BCUT2D eigenvalue weighted by atomic mass is 16.4. The fraction of sp³-hybridized carbons (Fsp3) is 0.857. The van der Waals surface area contributed by atoms with E-state index in [2.05, 4.69) is 0 Å². The molecular weight excluding hydrogens is 132 g/mol. The number of hydrogen-bond donors (Lipinski definition) is 2. The van der Waals surface area contributed by atoms with Crippen molar-refractivity contribution in [2.24, 2.45) is 11.8 Å². The lowest BCUT2D eigenvalue weighted by Gasteiger charge is -2.29. The molecule has 0 amide bonds. The fourth-order valence-corrected chi connectivity index (χ4v) is 1.27. The zero-order chi connectivity index (χ0) is 7.56. The molecule has 0 saturated heterocycles. The molecule has 10 heavy (non-hydrogen) atoms. The topological polar surface area (TPSA) is 57.5 Å². The van der Waals surface area contributed by atoms with Gasteiger partial charge >= 0.3 is 5.97 Å². The molecule has 0 aromatic rings. The molecule has 0 aromatic heterocycles. The van der Waals surface area contributed by atoms with Gasteiger partial charge in [0.1, 0.15) is 0 Å². The summed E-state index contributed by atoms with van der Waals surface area (Å²) in [5.41, 5.74) is 0. The van der Waals surface area contributed by atoms with E-state index in [0.717, 1.165) is 19.3 Å². The van der Waals surface area contributed by atoms with Crippen molar-refractivity contribution < 1.29 is 15.0 Å². The molecule has 3 nitrogen and oxygen atoms in total. The van der Waals surface area contributed by atoms with Gasteiger partial charge in [-0.05, 0) is 18.8 Å². The highest BCUT2D eigenvalue weighted by Gasteiger charge is 2.31. The molecule has 1 rings (SSSR count). The molecule has 0 aromatic carbocycles. The molecular formula is C7H12O3. The third kappa shape index (κ3) is 1.29. The van der Waals surface area contributed by atoms with Gasteiger partial charge in [-0.2, -0.15) is 0 Å². The number of carboxylic acid groups (broad SMARTS) is 1. The Kier molecular flexibility index (Phi) is 2.27. The monoisotopic (exact) mass is 144 g/mol. The second-order valence-corrected chi connectivity index (χ2v) is 2.82. The molecule has 0 heterocycles. The van der Waals surface area contributed by atoms with Crippen LogP contribution in [0.25, 0.3) is 0 Å². The number of aliphatic carboxylic acids is 1. The molecule has 58 valence electrons. The minimum atomic E-state index is -0.854. The Bertz CT molecular complexity index is 129. The van der Waals surface area contributed by atoms with E-state index in [4.69, 9.17) is 10.2 Å². The molecule has 0 bridgehead atoms. The first kappa shape index (κ1) is 7.54. The summed E-state index contributed by atoms with van der Waals surface area (Å²) in [6, 6.07) is 0. The van der Waals surface area contributed by atoms with Gasteiger partial charge in [-0.25, -0.2) is 0 Å². The summed E-state index contributed by atoms with van der Waals surface area (Å²) >= 11 is 0. The van der Waals surface area contributed by atoms with Crippen LogP contribution < -0.4 is 0 Å². The van der Waals surface area contributed by atoms with E-state index in [1.54, 1.807) is 0 Å². The number of carboxylic acids is 1. The normalized spacial score (nSPS) is 21.7. The minimum Gasteiger partial charge on any atom is -0.481 e. The maximum absolute atomic E-state index is 10.4. The van der Waals surface area contributed by atoms with Crippen molar-refractivity contribution in [2.45, 2.75) is 19.3 Å². The van der Waals surface area contributed by atoms with Crippen molar-refractivity contribution in [3.63, 3.8) is 0 Å². The van der Waals surface area contributed by atoms with Gasteiger partial charge in [-0.15, -0.1) is 0 Å². The first-order valence-corrected chi connectivity index (χ1v) is 3.59. The second kappa shape index (κ2) is 3.01. The molecule has 1 aliphatic carbocycles. The van der Waals surface area contributed by atoms with Crippen molar-refractivity contribution >= 4 is 5.97 Å². The van der Waals surface area contributed by atoms with Crippen LogP contribution in [-0.4, -0.2) is 22.8 Å². The number of rotatable bonds is 3. The molecule has 3 heteroatoms. The third-order valence-corrected chi connectivity index (χ3v) is 2.23. The van der Waals surface area contributed by atoms with E-state index in [1.165, 1.54) is 0 Å². The first-order chi connectivity index (χ1) is 4.75. The lowest BCUT2D eigenvalue weighted by Crippen LogP contribution is -2.31. The Hall–Kier alpha value is -0.570.